The lowest BCUT2D eigenvalue weighted by atomic mass is 10.1. The van der Waals surface area contributed by atoms with Crippen molar-refractivity contribution in [1.82, 2.24) is 0 Å². The van der Waals surface area contributed by atoms with Crippen LogP contribution in [0.1, 0.15) is 21.5 Å². The van der Waals surface area contributed by atoms with Crippen molar-refractivity contribution in [2.75, 3.05) is 11.5 Å². The minimum absolute atomic E-state index is 0.0412. The molecule has 1 amide bonds. The molecule has 20 heavy (non-hydrogen) atoms. The lowest BCUT2D eigenvalue weighted by Crippen LogP contribution is -2.21. The Bertz CT molecular complexity index is 639. The third kappa shape index (κ3) is 1.92. The van der Waals surface area contributed by atoms with Crippen molar-refractivity contribution < 1.29 is 9.90 Å². The first kappa shape index (κ1) is 12.6. The quantitative estimate of drug-likeness (QED) is 0.927. The Morgan fingerprint density at radius 2 is 1.65 bits per heavy atom. The summed E-state index contributed by atoms with van der Waals surface area (Å²) >= 11 is 0. The number of anilines is 1. The Morgan fingerprint density at radius 1 is 1.00 bits per heavy atom. The van der Waals surface area contributed by atoms with Gasteiger partial charge in [0.2, 0.25) is 0 Å². The molecule has 0 spiro atoms. The maximum Gasteiger partial charge on any atom is 0.263 e. The van der Waals surface area contributed by atoms with Gasteiger partial charge in [-0.15, -0.1) is 0 Å². The summed E-state index contributed by atoms with van der Waals surface area (Å²) in [5.41, 5.74) is 4.14. The van der Waals surface area contributed by atoms with E-state index in [9.17, 15) is 4.79 Å². The highest BCUT2D eigenvalue weighted by Gasteiger charge is 2.31. The molecule has 0 atom stereocenters. The lowest BCUT2D eigenvalue weighted by molar-refractivity contribution is 0.101. The van der Waals surface area contributed by atoms with Gasteiger partial charge in [0.15, 0.2) is 0 Å². The topological polar surface area (TPSA) is 40.5 Å². The molecule has 3 rings (SSSR count). The Kier molecular flexibility index (Phi) is 3.12. The first-order valence-electron chi connectivity index (χ1n) is 6.55. The van der Waals surface area contributed by atoms with Gasteiger partial charge in [-0.3, -0.25) is 9.69 Å². The summed E-state index contributed by atoms with van der Waals surface area (Å²) in [5, 5.41) is 8.92. The summed E-state index contributed by atoms with van der Waals surface area (Å²) in [6.45, 7) is 4.15. The zero-order chi connectivity index (χ0) is 14.1. The van der Waals surface area contributed by atoms with Crippen LogP contribution in [0.5, 0.6) is 0 Å². The molecule has 0 aromatic heterocycles. The monoisotopic (exact) mass is 265 g/mol. The summed E-state index contributed by atoms with van der Waals surface area (Å²) in [4.78, 5) is 14.1. The zero-order valence-electron chi connectivity index (χ0n) is 11.0. The molecular weight excluding hydrogens is 250 g/mol. The van der Waals surface area contributed by atoms with E-state index in [0.29, 0.717) is 17.7 Å². The zero-order valence-corrected chi connectivity index (χ0v) is 11.0. The SMILES string of the molecule is C=C1c2ccccc2C(=O)N1c1ccc(CCO)cc1. The third-order valence-electron chi connectivity index (χ3n) is 3.54. The molecule has 1 aliphatic heterocycles. The number of benzene rings is 2. The van der Waals surface area contributed by atoms with Gasteiger partial charge in [-0.2, -0.15) is 0 Å². The molecule has 0 fully saturated rings. The fraction of sp³-hybridized carbons (Fsp3) is 0.118. The molecule has 2 aromatic rings. The number of carbonyl (C=O) groups excluding carboxylic acids is 1. The van der Waals surface area contributed by atoms with Gasteiger partial charge >= 0.3 is 0 Å². The van der Waals surface area contributed by atoms with E-state index in [1.54, 1.807) is 4.90 Å². The first-order valence-corrected chi connectivity index (χ1v) is 6.55. The van der Waals surface area contributed by atoms with Gasteiger partial charge in [0, 0.05) is 23.4 Å². The molecule has 1 N–H and O–H groups in total. The summed E-state index contributed by atoms with van der Waals surface area (Å²) in [5.74, 6) is -0.0412. The standard InChI is InChI=1S/C17H15NO2/c1-12-15-4-2-3-5-16(15)17(20)18(12)14-8-6-13(7-9-14)10-11-19/h2-9,19H,1,10-11H2. The minimum atomic E-state index is -0.0412. The van der Waals surface area contributed by atoms with E-state index >= 15 is 0 Å². The van der Waals surface area contributed by atoms with E-state index in [1.807, 2.05) is 48.5 Å². The molecule has 0 bridgehead atoms. The predicted molar refractivity (Wildman–Crippen MR) is 79.5 cm³/mol. The van der Waals surface area contributed by atoms with Gasteiger partial charge in [-0.25, -0.2) is 0 Å². The van der Waals surface area contributed by atoms with Crippen molar-refractivity contribution in [2.45, 2.75) is 6.42 Å². The molecule has 100 valence electrons. The van der Waals surface area contributed by atoms with Crippen molar-refractivity contribution in [1.29, 1.82) is 0 Å². The van der Waals surface area contributed by atoms with Crippen LogP contribution in [0, 0.1) is 0 Å². The summed E-state index contributed by atoms with van der Waals surface area (Å²) < 4.78 is 0. The average molecular weight is 265 g/mol. The fourth-order valence-corrected chi connectivity index (χ4v) is 2.50. The first-order chi connectivity index (χ1) is 9.72. The number of aliphatic hydroxyl groups is 1. The van der Waals surface area contributed by atoms with Gasteiger partial charge in [0.25, 0.3) is 5.91 Å². The van der Waals surface area contributed by atoms with Crippen molar-refractivity contribution in [3.63, 3.8) is 0 Å². The van der Waals surface area contributed by atoms with E-state index in [-0.39, 0.29) is 12.5 Å². The maximum absolute atomic E-state index is 12.4. The Morgan fingerprint density at radius 3 is 2.25 bits per heavy atom. The molecule has 0 radical (unpaired) electrons. The van der Waals surface area contributed by atoms with Gasteiger partial charge in [0.1, 0.15) is 0 Å². The van der Waals surface area contributed by atoms with E-state index in [4.69, 9.17) is 5.11 Å². The Balaban J connectivity index is 1.96. The van der Waals surface area contributed by atoms with Crippen LogP contribution in [0.15, 0.2) is 55.1 Å². The van der Waals surface area contributed by atoms with Crippen molar-refractivity contribution in [3.05, 3.63) is 71.8 Å². The highest BCUT2D eigenvalue weighted by atomic mass is 16.3. The third-order valence-corrected chi connectivity index (χ3v) is 3.54. The highest BCUT2D eigenvalue weighted by Crippen LogP contribution is 2.35. The fourth-order valence-electron chi connectivity index (χ4n) is 2.50. The van der Waals surface area contributed by atoms with Gasteiger partial charge < -0.3 is 5.11 Å². The Hall–Kier alpha value is -2.39. The van der Waals surface area contributed by atoms with Crippen LogP contribution in [0.3, 0.4) is 0 Å². The maximum atomic E-state index is 12.4. The molecule has 3 heteroatoms. The second-order valence-electron chi connectivity index (χ2n) is 4.77. The van der Waals surface area contributed by atoms with Crippen LogP contribution in [-0.2, 0) is 6.42 Å². The number of rotatable bonds is 3. The largest absolute Gasteiger partial charge is 0.396 e. The lowest BCUT2D eigenvalue weighted by Gasteiger charge is -2.17. The number of carbonyl (C=O) groups is 1. The second kappa shape index (κ2) is 4.94. The van der Waals surface area contributed by atoms with Crippen molar-refractivity contribution in [2.24, 2.45) is 0 Å². The van der Waals surface area contributed by atoms with E-state index < -0.39 is 0 Å². The minimum Gasteiger partial charge on any atom is -0.396 e. The summed E-state index contributed by atoms with van der Waals surface area (Å²) in [7, 11) is 0. The van der Waals surface area contributed by atoms with Crippen LogP contribution in [0.25, 0.3) is 5.70 Å². The molecule has 1 heterocycles. The number of amides is 1. The van der Waals surface area contributed by atoms with Crippen LogP contribution >= 0.6 is 0 Å². The number of hydrogen-bond donors (Lipinski definition) is 1. The molecular formula is C17H15NO2. The molecule has 2 aromatic carbocycles. The molecule has 1 aliphatic rings. The Labute approximate surface area is 117 Å². The normalized spacial score (nSPS) is 13.8. The smallest absolute Gasteiger partial charge is 0.263 e. The number of aliphatic hydroxyl groups excluding tert-OH is 1. The number of hydrogen-bond acceptors (Lipinski definition) is 2. The van der Waals surface area contributed by atoms with Crippen LogP contribution < -0.4 is 4.90 Å². The molecule has 0 saturated heterocycles. The van der Waals surface area contributed by atoms with Crippen molar-refractivity contribution >= 4 is 17.3 Å². The van der Waals surface area contributed by atoms with E-state index in [2.05, 4.69) is 6.58 Å². The molecule has 0 saturated carbocycles. The van der Waals surface area contributed by atoms with E-state index in [0.717, 1.165) is 16.8 Å². The molecule has 0 aliphatic carbocycles. The van der Waals surface area contributed by atoms with E-state index in [1.165, 1.54) is 0 Å². The summed E-state index contributed by atoms with van der Waals surface area (Å²) in [6.07, 6.45) is 0.620. The van der Waals surface area contributed by atoms with Gasteiger partial charge in [-0.1, -0.05) is 36.9 Å². The van der Waals surface area contributed by atoms with Crippen LogP contribution in [0.2, 0.25) is 0 Å². The highest BCUT2D eigenvalue weighted by molar-refractivity contribution is 6.21. The predicted octanol–water partition coefficient (Wildman–Crippen LogP) is 2.85. The summed E-state index contributed by atoms with van der Waals surface area (Å²) in [6, 6.07) is 15.1. The van der Waals surface area contributed by atoms with Gasteiger partial charge in [-0.05, 0) is 30.2 Å². The van der Waals surface area contributed by atoms with Crippen molar-refractivity contribution in [3.8, 4) is 0 Å². The number of nitrogens with zero attached hydrogens (tertiary/aromatic N) is 1. The average Bonchev–Trinajstić information content (AvgIpc) is 2.73. The van der Waals surface area contributed by atoms with Gasteiger partial charge in [0.05, 0.1) is 5.70 Å². The number of fused-ring (bicyclic) bond motifs is 1. The molecule has 3 nitrogen and oxygen atoms in total. The van der Waals surface area contributed by atoms with Crippen LogP contribution in [0.4, 0.5) is 5.69 Å². The molecule has 0 unspecified atom stereocenters. The second-order valence-corrected chi connectivity index (χ2v) is 4.77. The van der Waals surface area contributed by atoms with Crippen LogP contribution in [-0.4, -0.2) is 17.6 Å².